The molecule has 5 nitrogen and oxygen atoms in total. The highest BCUT2D eigenvalue weighted by atomic mass is 32.1. The van der Waals surface area contributed by atoms with E-state index in [4.69, 9.17) is 10.5 Å². The van der Waals surface area contributed by atoms with Gasteiger partial charge in [0.2, 0.25) is 0 Å². The first-order chi connectivity index (χ1) is 7.35. The molecule has 0 aliphatic heterocycles. The number of hydrogen-bond donors (Lipinski definition) is 1. The van der Waals surface area contributed by atoms with Crippen LogP contribution < -0.4 is 5.73 Å². The normalized spacial score (nSPS) is 11.8. The van der Waals surface area contributed by atoms with Gasteiger partial charge in [-0.3, -0.25) is 0 Å². The molecule has 0 amide bonds. The van der Waals surface area contributed by atoms with E-state index in [0.29, 0.717) is 4.68 Å². The summed E-state index contributed by atoms with van der Waals surface area (Å²) in [5, 5.41) is 6.83. The van der Waals surface area contributed by atoms with Crippen molar-refractivity contribution in [2.75, 3.05) is 7.11 Å². The molecule has 0 saturated heterocycles. The third-order valence-corrected chi connectivity index (χ3v) is 1.87. The topological polar surface area (TPSA) is 66.0 Å². The Bertz CT molecular complexity index is 389. The molecule has 2 N–H and O–H groups in total. The van der Waals surface area contributed by atoms with Crippen molar-refractivity contribution in [3.8, 4) is 0 Å². The summed E-state index contributed by atoms with van der Waals surface area (Å²) in [6, 6.07) is 0. The quantitative estimate of drug-likeness (QED) is 0.798. The van der Waals surface area contributed by atoms with Gasteiger partial charge in [-0.2, -0.15) is 13.2 Å². The summed E-state index contributed by atoms with van der Waals surface area (Å²) in [5.74, 6) is 0. The minimum Gasteiger partial charge on any atom is -0.388 e. The molecule has 16 heavy (non-hydrogen) atoms. The van der Waals surface area contributed by atoms with Crippen LogP contribution >= 0.6 is 12.2 Å². The van der Waals surface area contributed by atoms with E-state index in [1.54, 1.807) is 0 Å². The van der Waals surface area contributed by atoms with Gasteiger partial charge < -0.3 is 10.5 Å². The van der Waals surface area contributed by atoms with E-state index in [2.05, 4.69) is 22.5 Å². The smallest absolute Gasteiger partial charge is 0.388 e. The molecule has 1 aromatic rings. The number of thiocarbonyl (C=S) groups is 1. The van der Waals surface area contributed by atoms with E-state index in [-0.39, 0.29) is 23.0 Å². The van der Waals surface area contributed by atoms with Crippen LogP contribution in [0, 0.1) is 0 Å². The van der Waals surface area contributed by atoms with Gasteiger partial charge in [0, 0.05) is 7.11 Å². The first-order valence-corrected chi connectivity index (χ1v) is 4.54. The molecule has 0 radical (unpaired) electrons. The van der Waals surface area contributed by atoms with E-state index in [1.165, 1.54) is 7.11 Å². The van der Waals surface area contributed by atoms with Crippen LogP contribution in [0.3, 0.4) is 0 Å². The van der Waals surface area contributed by atoms with Gasteiger partial charge in [-0.1, -0.05) is 17.4 Å². The average Bonchev–Trinajstić information content (AvgIpc) is 2.47. The Kier molecular flexibility index (Phi) is 3.81. The van der Waals surface area contributed by atoms with Gasteiger partial charge in [0.25, 0.3) is 0 Å². The Hall–Kier alpha value is -1.22. The number of nitrogens with zero attached hydrogens (tertiary/aromatic N) is 3. The van der Waals surface area contributed by atoms with E-state index >= 15 is 0 Å². The van der Waals surface area contributed by atoms with E-state index < -0.39 is 12.7 Å². The maximum absolute atomic E-state index is 12.2. The Morgan fingerprint density at radius 2 is 2.19 bits per heavy atom. The van der Waals surface area contributed by atoms with Gasteiger partial charge in [0.1, 0.15) is 17.2 Å². The number of ether oxygens (including phenoxy) is 1. The van der Waals surface area contributed by atoms with Gasteiger partial charge in [-0.15, -0.1) is 5.10 Å². The summed E-state index contributed by atoms with van der Waals surface area (Å²) >= 11 is 4.64. The van der Waals surface area contributed by atoms with Gasteiger partial charge in [0.05, 0.1) is 12.3 Å². The summed E-state index contributed by atoms with van der Waals surface area (Å²) in [6.45, 7) is -1.34. The van der Waals surface area contributed by atoms with Crippen LogP contribution in [-0.2, 0) is 17.9 Å². The first-order valence-electron chi connectivity index (χ1n) is 4.13. The van der Waals surface area contributed by atoms with Crippen molar-refractivity contribution >= 4 is 17.2 Å². The maximum Gasteiger partial charge on any atom is 0.408 e. The lowest BCUT2D eigenvalue weighted by Crippen LogP contribution is -2.22. The molecule has 0 unspecified atom stereocenters. The predicted octanol–water partition coefficient (Wildman–Crippen LogP) is 0.621. The Morgan fingerprint density at radius 1 is 1.56 bits per heavy atom. The number of hydrogen-bond acceptors (Lipinski definition) is 4. The van der Waals surface area contributed by atoms with Gasteiger partial charge >= 0.3 is 6.18 Å². The Labute approximate surface area is 94.4 Å². The highest BCUT2D eigenvalue weighted by molar-refractivity contribution is 7.80. The number of methoxy groups -OCH3 is 1. The summed E-state index contributed by atoms with van der Waals surface area (Å²) < 4.78 is 42.0. The minimum atomic E-state index is -4.39. The van der Waals surface area contributed by atoms with Crippen molar-refractivity contribution in [3.05, 3.63) is 11.4 Å². The average molecular weight is 254 g/mol. The van der Waals surface area contributed by atoms with Crippen LogP contribution in [0.25, 0.3) is 0 Å². The van der Waals surface area contributed by atoms with Crippen LogP contribution in [0.15, 0.2) is 0 Å². The van der Waals surface area contributed by atoms with Crippen LogP contribution in [0.4, 0.5) is 13.2 Å². The van der Waals surface area contributed by atoms with Crippen LogP contribution in [-0.4, -0.2) is 33.3 Å². The second kappa shape index (κ2) is 4.74. The number of alkyl halides is 3. The van der Waals surface area contributed by atoms with Crippen LogP contribution in [0.1, 0.15) is 11.4 Å². The molecule has 0 saturated carbocycles. The summed E-state index contributed by atoms with van der Waals surface area (Å²) in [7, 11) is 1.34. The molecule has 0 aliphatic carbocycles. The zero-order valence-electron chi connectivity index (χ0n) is 8.28. The minimum absolute atomic E-state index is 0.0566. The van der Waals surface area contributed by atoms with Crippen molar-refractivity contribution in [2.24, 2.45) is 5.73 Å². The highest BCUT2D eigenvalue weighted by Gasteiger charge is 2.30. The van der Waals surface area contributed by atoms with Gasteiger partial charge in [-0.05, 0) is 0 Å². The van der Waals surface area contributed by atoms with Crippen molar-refractivity contribution in [3.63, 3.8) is 0 Å². The number of halogens is 3. The molecule has 90 valence electrons. The lowest BCUT2D eigenvalue weighted by Gasteiger charge is -2.09. The first kappa shape index (κ1) is 12.8. The standard InChI is InChI=1S/C7H9F3N4OS/c1-15-2-4-5(6(11)16)12-13-14(4)3-7(8,9)10/h2-3H2,1H3,(H2,11,16). The third-order valence-electron chi connectivity index (χ3n) is 1.68. The Balaban J connectivity index is 3.05. The van der Waals surface area contributed by atoms with Crippen LogP contribution in [0.2, 0.25) is 0 Å². The molecule has 0 spiro atoms. The molecular weight excluding hydrogens is 245 g/mol. The highest BCUT2D eigenvalue weighted by Crippen LogP contribution is 2.19. The summed E-state index contributed by atoms with van der Waals surface area (Å²) in [5.41, 5.74) is 5.48. The number of aromatic nitrogens is 3. The van der Waals surface area contributed by atoms with Crippen molar-refractivity contribution < 1.29 is 17.9 Å². The molecule has 1 aromatic heterocycles. The van der Waals surface area contributed by atoms with Crippen LogP contribution in [0.5, 0.6) is 0 Å². The lowest BCUT2D eigenvalue weighted by atomic mass is 10.3. The molecule has 0 bridgehead atoms. The fraction of sp³-hybridized carbons (Fsp3) is 0.571. The number of nitrogens with two attached hydrogens (primary N) is 1. The lowest BCUT2D eigenvalue weighted by molar-refractivity contribution is -0.143. The molecule has 0 aromatic carbocycles. The second-order valence-corrected chi connectivity index (χ2v) is 3.39. The van der Waals surface area contributed by atoms with Gasteiger partial charge in [0.15, 0.2) is 0 Å². The van der Waals surface area contributed by atoms with Gasteiger partial charge in [-0.25, -0.2) is 4.68 Å². The maximum atomic E-state index is 12.2. The van der Waals surface area contributed by atoms with E-state index in [0.717, 1.165) is 0 Å². The zero-order valence-corrected chi connectivity index (χ0v) is 9.10. The number of rotatable bonds is 4. The second-order valence-electron chi connectivity index (χ2n) is 2.95. The summed E-state index contributed by atoms with van der Waals surface area (Å²) in [6.07, 6.45) is -4.39. The molecule has 9 heteroatoms. The van der Waals surface area contributed by atoms with Crippen molar-refractivity contribution in [1.29, 1.82) is 0 Å². The molecular formula is C7H9F3N4OS. The molecule has 1 heterocycles. The zero-order chi connectivity index (χ0) is 12.3. The van der Waals surface area contributed by atoms with Crippen molar-refractivity contribution in [1.82, 2.24) is 15.0 Å². The van der Waals surface area contributed by atoms with Crippen molar-refractivity contribution in [2.45, 2.75) is 19.3 Å². The fourth-order valence-electron chi connectivity index (χ4n) is 1.10. The Morgan fingerprint density at radius 3 is 2.62 bits per heavy atom. The monoisotopic (exact) mass is 254 g/mol. The van der Waals surface area contributed by atoms with E-state index in [9.17, 15) is 13.2 Å². The summed E-state index contributed by atoms with van der Waals surface area (Å²) in [4.78, 5) is -0.111. The molecule has 0 atom stereocenters. The molecule has 1 rings (SSSR count). The fourth-order valence-corrected chi connectivity index (χ4v) is 1.26. The molecule has 0 fully saturated rings. The predicted molar refractivity (Wildman–Crippen MR) is 52.7 cm³/mol. The SMILES string of the molecule is COCc1c(C(N)=S)nnn1CC(F)(F)F. The van der Waals surface area contributed by atoms with E-state index in [1.807, 2.05) is 0 Å². The third kappa shape index (κ3) is 3.14. The largest absolute Gasteiger partial charge is 0.408 e. The molecule has 0 aliphatic rings.